The molecule has 0 saturated heterocycles. The summed E-state index contributed by atoms with van der Waals surface area (Å²) in [5.74, 6) is 0.863. The van der Waals surface area contributed by atoms with Crippen LogP contribution in [0.2, 0.25) is 0 Å². The average Bonchev–Trinajstić information content (AvgIpc) is 2.56. The van der Waals surface area contributed by atoms with Crippen molar-refractivity contribution >= 4 is 17.9 Å². The van der Waals surface area contributed by atoms with Gasteiger partial charge in [-0.25, -0.2) is 0 Å². The smallest absolute Gasteiger partial charge is 0.150 e. The molecule has 0 aromatic heterocycles. The Labute approximate surface area is 138 Å². The van der Waals surface area contributed by atoms with Crippen LogP contribution in [0, 0.1) is 0 Å². The molecule has 0 aliphatic rings. The van der Waals surface area contributed by atoms with Crippen LogP contribution < -0.4 is 4.74 Å². The maximum Gasteiger partial charge on any atom is 0.150 e. The first-order valence-corrected chi connectivity index (χ1v) is 7.76. The van der Waals surface area contributed by atoms with Crippen LogP contribution in [0.15, 0.2) is 60.7 Å². The minimum atomic E-state index is 0.0684. The molecule has 1 unspecified atom stereocenters. The Balaban J connectivity index is 2.10. The molecule has 2 heteroatoms. The van der Waals surface area contributed by atoms with Crippen molar-refractivity contribution in [3.63, 3.8) is 0 Å². The van der Waals surface area contributed by atoms with E-state index >= 15 is 0 Å². The predicted octanol–water partition coefficient (Wildman–Crippen LogP) is 5.40. The molecule has 0 N–H and O–H groups in total. The van der Waals surface area contributed by atoms with Gasteiger partial charge in [0, 0.05) is 5.56 Å². The van der Waals surface area contributed by atoms with E-state index < -0.39 is 0 Å². The van der Waals surface area contributed by atoms with Crippen LogP contribution in [0.3, 0.4) is 0 Å². The summed E-state index contributed by atoms with van der Waals surface area (Å²) < 4.78 is 5.79. The van der Waals surface area contributed by atoms with E-state index in [9.17, 15) is 4.79 Å². The van der Waals surface area contributed by atoms with Gasteiger partial charge in [0.1, 0.15) is 18.1 Å². The second kappa shape index (κ2) is 8.14. The normalized spacial score (nSPS) is 13.1. The van der Waals surface area contributed by atoms with Gasteiger partial charge in [-0.15, -0.1) is 0 Å². The molecule has 0 aliphatic heterocycles. The maximum absolute atomic E-state index is 10.7. The van der Waals surface area contributed by atoms with E-state index in [0.29, 0.717) is 5.56 Å². The van der Waals surface area contributed by atoms with Crippen LogP contribution >= 0.6 is 0 Å². The molecule has 2 aromatic carbocycles. The van der Waals surface area contributed by atoms with Gasteiger partial charge in [-0.1, -0.05) is 48.6 Å². The molecule has 0 amide bonds. The molecule has 118 valence electrons. The SMILES string of the molecule is CC=CC(C)Oc1ccc(C(C)=Cc2ccc(C=O)cc2)cc1. The van der Waals surface area contributed by atoms with Gasteiger partial charge in [0.25, 0.3) is 0 Å². The predicted molar refractivity (Wildman–Crippen MR) is 96.7 cm³/mol. The van der Waals surface area contributed by atoms with Gasteiger partial charge < -0.3 is 4.74 Å². The zero-order valence-electron chi connectivity index (χ0n) is 13.8. The number of ether oxygens (including phenoxy) is 1. The summed E-state index contributed by atoms with van der Waals surface area (Å²) >= 11 is 0. The van der Waals surface area contributed by atoms with Gasteiger partial charge >= 0.3 is 0 Å². The first-order chi connectivity index (χ1) is 11.1. The Hall–Kier alpha value is -2.61. The highest BCUT2D eigenvalue weighted by Crippen LogP contribution is 2.21. The third-order valence-corrected chi connectivity index (χ3v) is 3.55. The minimum absolute atomic E-state index is 0.0684. The quantitative estimate of drug-likeness (QED) is 0.405. The van der Waals surface area contributed by atoms with Crippen molar-refractivity contribution in [2.75, 3.05) is 0 Å². The topological polar surface area (TPSA) is 26.3 Å². The monoisotopic (exact) mass is 306 g/mol. The van der Waals surface area contributed by atoms with Crippen molar-refractivity contribution < 1.29 is 9.53 Å². The highest BCUT2D eigenvalue weighted by atomic mass is 16.5. The van der Waals surface area contributed by atoms with E-state index in [-0.39, 0.29) is 6.10 Å². The Morgan fingerprint density at radius 2 is 1.61 bits per heavy atom. The molecule has 0 aliphatic carbocycles. The molecule has 2 nitrogen and oxygen atoms in total. The summed E-state index contributed by atoms with van der Waals surface area (Å²) in [4.78, 5) is 10.7. The van der Waals surface area contributed by atoms with Gasteiger partial charge in [-0.2, -0.15) is 0 Å². The van der Waals surface area contributed by atoms with Crippen molar-refractivity contribution in [2.24, 2.45) is 0 Å². The van der Waals surface area contributed by atoms with Crippen LogP contribution in [0.25, 0.3) is 11.6 Å². The fourth-order valence-corrected chi connectivity index (χ4v) is 2.33. The lowest BCUT2D eigenvalue weighted by Crippen LogP contribution is -2.07. The summed E-state index contributed by atoms with van der Waals surface area (Å²) in [7, 11) is 0. The second-order valence-corrected chi connectivity index (χ2v) is 5.48. The van der Waals surface area contributed by atoms with Gasteiger partial charge in [-0.05, 0) is 55.7 Å². The molecule has 23 heavy (non-hydrogen) atoms. The Bertz CT molecular complexity index is 692. The van der Waals surface area contributed by atoms with Crippen molar-refractivity contribution in [2.45, 2.75) is 26.9 Å². The van der Waals surface area contributed by atoms with E-state index in [1.165, 1.54) is 0 Å². The van der Waals surface area contributed by atoms with Crippen LogP contribution in [-0.2, 0) is 0 Å². The first-order valence-electron chi connectivity index (χ1n) is 7.76. The summed E-state index contributed by atoms with van der Waals surface area (Å²) in [5, 5.41) is 0. The lowest BCUT2D eigenvalue weighted by Gasteiger charge is -2.11. The van der Waals surface area contributed by atoms with Crippen molar-refractivity contribution in [3.05, 3.63) is 77.4 Å². The van der Waals surface area contributed by atoms with Crippen LogP contribution in [0.5, 0.6) is 5.75 Å². The number of benzene rings is 2. The summed E-state index contributed by atoms with van der Waals surface area (Å²) in [6.07, 6.45) is 7.03. The van der Waals surface area contributed by atoms with Gasteiger partial charge in [0.2, 0.25) is 0 Å². The van der Waals surface area contributed by atoms with Crippen LogP contribution in [0.4, 0.5) is 0 Å². The zero-order valence-corrected chi connectivity index (χ0v) is 13.8. The highest BCUT2D eigenvalue weighted by Gasteiger charge is 2.01. The number of carbonyl (C=O) groups is 1. The molecular weight excluding hydrogens is 284 g/mol. The van der Waals surface area contributed by atoms with E-state index in [1.807, 2.05) is 62.4 Å². The Morgan fingerprint density at radius 1 is 1.00 bits per heavy atom. The lowest BCUT2D eigenvalue weighted by molar-refractivity contribution is 0.112. The number of allylic oxidation sites excluding steroid dienone is 2. The van der Waals surface area contributed by atoms with Gasteiger partial charge in [0.05, 0.1) is 0 Å². The first kappa shape index (κ1) is 16.8. The Morgan fingerprint density at radius 3 is 2.17 bits per heavy atom. The molecule has 0 fully saturated rings. The second-order valence-electron chi connectivity index (χ2n) is 5.48. The average molecular weight is 306 g/mol. The van der Waals surface area contributed by atoms with Crippen LogP contribution in [0.1, 0.15) is 42.3 Å². The molecule has 0 bridgehead atoms. The standard InChI is InChI=1S/C21H22O2/c1-4-5-17(3)23-21-12-10-20(11-13-21)16(2)14-18-6-8-19(15-22)9-7-18/h4-15,17H,1-3H3. The fourth-order valence-electron chi connectivity index (χ4n) is 2.33. The number of carbonyl (C=O) groups excluding carboxylic acids is 1. The maximum atomic E-state index is 10.7. The van der Waals surface area contributed by atoms with Crippen molar-refractivity contribution in [3.8, 4) is 5.75 Å². The third kappa shape index (κ3) is 4.96. The molecule has 0 radical (unpaired) electrons. The molecule has 0 heterocycles. The zero-order chi connectivity index (χ0) is 16.7. The molecule has 1 atom stereocenters. The summed E-state index contributed by atoms with van der Waals surface area (Å²) in [6.45, 7) is 6.08. The van der Waals surface area contributed by atoms with Crippen molar-refractivity contribution in [1.29, 1.82) is 0 Å². The van der Waals surface area contributed by atoms with E-state index in [0.717, 1.165) is 28.7 Å². The number of rotatable bonds is 6. The number of hydrogen-bond acceptors (Lipinski definition) is 2. The Kier molecular flexibility index (Phi) is 5.93. The largest absolute Gasteiger partial charge is 0.487 e. The van der Waals surface area contributed by atoms with E-state index in [1.54, 1.807) is 0 Å². The number of hydrogen-bond donors (Lipinski definition) is 0. The summed E-state index contributed by atoms with van der Waals surface area (Å²) in [6, 6.07) is 15.6. The fraction of sp³-hybridized carbons (Fsp3) is 0.190. The van der Waals surface area contributed by atoms with Crippen molar-refractivity contribution in [1.82, 2.24) is 0 Å². The number of aldehydes is 1. The van der Waals surface area contributed by atoms with E-state index in [2.05, 4.69) is 25.1 Å². The third-order valence-electron chi connectivity index (χ3n) is 3.55. The van der Waals surface area contributed by atoms with E-state index in [4.69, 9.17) is 4.74 Å². The molecule has 2 aromatic rings. The minimum Gasteiger partial charge on any atom is -0.487 e. The van der Waals surface area contributed by atoms with Gasteiger partial charge in [-0.3, -0.25) is 4.79 Å². The molecular formula is C21H22O2. The molecule has 0 saturated carbocycles. The highest BCUT2D eigenvalue weighted by molar-refractivity contribution is 5.81. The molecule has 0 spiro atoms. The van der Waals surface area contributed by atoms with Gasteiger partial charge in [0.15, 0.2) is 0 Å². The van der Waals surface area contributed by atoms with Crippen LogP contribution in [-0.4, -0.2) is 12.4 Å². The summed E-state index contributed by atoms with van der Waals surface area (Å²) in [5.41, 5.74) is 4.08. The lowest BCUT2D eigenvalue weighted by atomic mass is 10.0. The molecule has 2 rings (SSSR count).